The Morgan fingerprint density at radius 2 is 1.95 bits per heavy atom. The Kier molecular flexibility index (Phi) is 3.92. The number of hydrogen-bond acceptors (Lipinski definition) is 3. The molecule has 0 aliphatic carbocycles. The molecule has 0 aliphatic heterocycles. The minimum Gasteiger partial charge on any atom is -0.487 e. The first-order chi connectivity index (χ1) is 9.08. The Hall–Kier alpha value is -2.20. The first-order valence-electron chi connectivity index (χ1n) is 5.63. The predicted molar refractivity (Wildman–Crippen MR) is 75.2 cm³/mol. The number of primary amides is 1. The molecular formula is C14H13ClN2O2. The minimum atomic E-state index is -0.509. The van der Waals surface area contributed by atoms with Gasteiger partial charge in [-0.25, -0.2) is 0 Å². The minimum absolute atomic E-state index is 0.272. The molecule has 5 heteroatoms. The van der Waals surface area contributed by atoms with Crippen LogP contribution in [-0.4, -0.2) is 5.91 Å². The summed E-state index contributed by atoms with van der Waals surface area (Å²) in [6.45, 7) is 0.272. The quantitative estimate of drug-likeness (QED) is 0.843. The van der Waals surface area contributed by atoms with E-state index in [1.807, 2.05) is 12.1 Å². The van der Waals surface area contributed by atoms with Crippen LogP contribution in [0.3, 0.4) is 0 Å². The second-order valence-electron chi connectivity index (χ2n) is 4.00. The van der Waals surface area contributed by atoms with E-state index in [0.29, 0.717) is 22.0 Å². The molecular weight excluding hydrogens is 264 g/mol. The fourth-order valence-electron chi connectivity index (χ4n) is 1.60. The molecule has 4 N–H and O–H groups in total. The number of nitrogens with two attached hydrogens (primary N) is 2. The van der Waals surface area contributed by atoms with Crippen molar-refractivity contribution in [2.75, 3.05) is 5.73 Å². The number of anilines is 1. The lowest BCUT2D eigenvalue weighted by molar-refractivity contribution is 0.100. The number of carbonyl (C=O) groups is 1. The largest absolute Gasteiger partial charge is 0.487 e. The first kappa shape index (κ1) is 13.2. The Morgan fingerprint density at radius 3 is 2.58 bits per heavy atom. The number of nitrogen functional groups attached to an aromatic ring is 1. The van der Waals surface area contributed by atoms with Crippen LogP contribution in [0.4, 0.5) is 5.69 Å². The third-order valence-electron chi connectivity index (χ3n) is 2.65. The van der Waals surface area contributed by atoms with Crippen LogP contribution in [0.15, 0.2) is 42.5 Å². The van der Waals surface area contributed by atoms with Gasteiger partial charge in [-0.1, -0.05) is 29.8 Å². The van der Waals surface area contributed by atoms with Crippen molar-refractivity contribution in [1.29, 1.82) is 0 Å². The van der Waals surface area contributed by atoms with Crippen molar-refractivity contribution in [1.82, 2.24) is 0 Å². The fraction of sp³-hybridized carbons (Fsp3) is 0.0714. The van der Waals surface area contributed by atoms with Crippen LogP contribution in [-0.2, 0) is 6.61 Å². The maximum atomic E-state index is 11.0. The molecule has 0 saturated carbocycles. The Balaban J connectivity index is 2.12. The topological polar surface area (TPSA) is 78.3 Å². The van der Waals surface area contributed by atoms with Crippen LogP contribution in [0.1, 0.15) is 15.9 Å². The standard InChI is InChI=1S/C14H13ClN2O2/c15-11-3-1-2-4-13(11)19-8-10-6-5-9(14(17)18)7-12(10)16/h1-7H,8,16H2,(H2,17,18). The van der Waals surface area contributed by atoms with E-state index in [1.54, 1.807) is 24.3 Å². The average molecular weight is 277 g/mol. The molecule has 2 aromatic rings. The number of hydrogen-bond donors (Lipinski definition) is 2. The van der Waals surface area contributed by atoms with E-state index in [2.05, 4.69) is 0 Å². The molecule has 0 fully saturated rings. The van der Waals surface area contributed by atoms with Gasteiger partial charge in [-0.05, 0) is 24.3 Å². The van der Waals surface area contributed by atoms with Gasteiger partial charge in [-0.15, -0.1) is 0 Å². The smallest absolute Gasteiger partial charge is 0.248 e. The van der Waals surface area contributed by atoms with E-state index in [1.165, 1.54) is 6.07 Å². The van der Waals surface area contributed by atoms with E-state index < -0.39 is 5.91 Å². The van der Waals surface area contributed by atoms with Crippen molar-refractivity contribution in [3.05, 3.63) is 58.6 Å². The predicted octanol–water partition coefficient (Wildman–Crippen LogP) is 2.60. The second-order valence-corrected chi connectivity index (χ2v) is 4.40. The summed E-state index contributed by atoms with van der Waals surface area (Å²) in [4.78, 5) is 11.0. The highest BCUT2D eigenvalue weighted by Gasteiger charge is 2.06. The van der Waals surface area contributed by atoms with Gasteiger partial charge in [0.2, 0.25) is 5.91 Å². The monoisotopic (exact) mass is 276 g/mol. The molecule has 0 spiro atoms. The number of carbonyl (C=O) groups excluding carboxylic acids is 1. The lowest BCUT2D eigenvalue weighted by Crippen LogP contribution is -2.12. The molecule has 19 heavy (non-hydrogen) atoms. The van der Waals surface area contributed by atoms with Gasteiger partial charge in [0, 0.05) is 16.8 Å². The third-order valence-corrected chi connectivity index (χ3v) is 2.96. The molecule has 0 aromatic heterocycles. The van der Waals surface area contributed by atoms with Gasteiger partial charge in [-0.2, -0.15) is 0 Å². The van der Waals surface area contributed by atoms with Crippen molar-refractivity contribution >= 4 is 23.2 Å². The van der Waals surface area contributed by atoms with Crippen LogP contribution in [0.25, 0.3) is 0 Å². The van der Waals surface area contributed by atoms with Crippen molar-refractivity contribution < 1.29 is 9.53 Å². The Bertz CT molecular complexity index is 614. The summed E-state index contributed by atoms with van der Waals surface area (Å²) in [5, 5.41) is 0.537. The summed E-state index contributed by atoms with van der Waals surface area (Å²) in [5.74, 6) is 0.0767. The molecule has 0 heterocycles. The highest BCUT2D eigenvalue weighted by Crippen LogP contribution is 2.25. The van der Waals surface area contributed by atoms with Gasteiger partial charge >= 0.3 is 0 Å². The molecule has 0 radical (unpaired) electrons. The molecule has 0 atom stereocenters. The number of benzene rings is 2. The van der Waals surface area contributed by atoms with Gasteiger partial charge in [0.25, 0.3) is 0 Å². The van der Waals surface area contributed by atoms with Crippen LogP contribution >= 0.6 is 11.6 Å². The number of ether oxygens (including phenoxy) is 1. The van der Waals surface area contributed by atoms with E-state index in [-0.39, 0.29) is 6.61 Å². The molecule has 2 rings (SSSR count). The number of rotatable bonds is 4. The van der Waals surface area contributed by atoms with Gasteiger partial charge in [-0.3, -0.25) is 4.79 Å². The summed E-state index contributed by atoms with van der Waals surface area (Å²) < 4.78 is 5.58. The van der Waals surface area contributed by atoms with E-state index in [9.17, 15) is 4.79 Å². The van der Waals surface area contributed by atoms with Gasteiger partial charge in [0.15, 0.2) is 0 Å². The van der Waals surface area contributed by atoms with Crippen molar-refractivity contribution in [3.63, 3.8) is 0 Å². The van der Waals surface area contributed by atoms with Crippen LogP contribution < -0.4 is 16.2 Å². The van der Waals surface area contributed by atoms with E-state index in [0.717, 1.165) is 5.56 Å². The molecule has 0 saturated heterocycles. The Labute approximate surface area is 115 Å². The van der Waals surface area contributed by atoms with Gasteiger partial charge < -0.3 is 16.2 Å². The van der Waals surface area contributed by atoms with Crippen LogP contribution in [0, 0.1) is 0 Å². The zero-order chi connectivity index (χ0) is 13.8. The average Bonchev–Trinajstić information content (AvgIpc) is 2.39. The summed E-state index contributed by atoms with van der Waals surface area (Å²) in [7, 11) is 0. The molecule has 98 valence electrons. The van der Waals surface area contributed by atoms with Gasteiger partial charge in [0.05, 0.1) is 5.02 Å². The summed E-state index contributed by atoms with van der Waals surface area (Å²) in [5.41, 5.74) is 12.6. The molecule has 0 unspecified atom stereocenters. The molecule has 2 aromatic carbocycles. The SMILES string of the molecule is NC(=O)c1ccc(COc2ccccc2Cl)c(N)c1. The lowest BCUT2D eigenvalue weighted by atomic mass is 10.1. The van der Waals surface area contributed by atoms with E-state index >= 15 is 0 Å². The van der Waals surface area contributed by atoms with Crippen molar-refractivity contribution in [2.45, 2.75) is 6.61 Å². The fourth-order valence-corrected chi connectivity index (χ4v) is 1.79. The summed E-state index contributed by atoms with van der Waals surface area (Å²) >= 11 is 5.98. The Morgan fingerprint density at radius 1 is 1.21 bits per heavy atom. The lowest BCUT2D eigenvalue weighted by Gasteiger charge is -2.10. The molecule has 0 aliphatic rings. The third kappa shape index (κ3) is 3.17. The number of amides is 1. The highest BCUT2D eigenvalue weighted by molar-refractivity contribution is 6.32. The van der Waals surface area contributed by atoms with E-state index in [4.69, 9.17) is 27.8 Å². The molecule has 1 amide bonds. The van der Waals surface area contributed by atoms with Crippen molar-refractivity contribution in [3.8, 4) is 5.75 Å². The normalized spacial score (nSPS) is 10.2. The maximum Gasteiger partial charge on any atom is 0.248 e. The van der Waals surface area contributed by atoms with Gasteiger partial charge in [0.1, 0.15) is 12.4 Å². The second kappa shape index (κ2) is 5.63. The zero-order valence-electron chi connectivity index (χ0n) is 10.1. The van der Waals surface area contributed by atoms with Crippen LogP contribution in [0.2, 0.25) is 5.02 Å². The number of halogens is 1. The molecule has 0 bridgehead atoms. The number of para-hydroxylation sites is 1. The zero-order valence-corrected chi connectivity index (χ0v) is 10.9. The van der Waals surface area contributed by atoms with Crippen LogP contribution in [0.5, 0.6) is 5.75 Å². The highest BCUT2D eigenvalue weighted by atomic mass is 35.5. The van der Waals surface area contributed by atoms with Crippen molar-refractivity contribution in [2.24, 2.45) is 5.73 Å². The molecule has 4 nitrogen and oxygen atoms in total. The first-order valence-corrected chi connectivity index (χ1v) is 6.01. The maximum absolute atomic E-state index is 11.0. The summed E-state index contributed by atoms with van der Waals surface area (Å²) in [6.07, 6.45) is 0. The summed E-state index contributed by atoms with van der Waals surface area (Å²) in [6, 6.07) is 12.0.